The lowest BCUT2D eigenvalue weighted by molar-refractivity contribution is -0.151. The van der Waals surface area contributed by atoms with Crippen LogP contribution in [-0.2, 0) is 11.3 Å². The molecule has 1 aromatic rings. The highest BCUT2D eigenvalue weighted by Crippen LogP contribution is 2.32. The molecule has 1 atom stereocenters. The van der Waals surface area contributed by atoms with E-state index in [1.165, 1.54) is 5.56 Å². The fraction of sp³-hybridized carbons (Fsp3) is 0.650. The second-order valence-electron chi connectivity index (χ2n) is 7.46. The zero-order valence-corrected chi connectivity index (χ0v) is 14.8. The van der Waals surface area contributed by atoms with E-state index in [1.807, 2.05) is 11.8 Å². The molecule has 2 fully saturated rings. The molecule has 1 unspecified atom stereocenters. The molecular weight excluding hydrogens is 300 g/mol. The zero-order valence-electron chi connectivity index (χ0n) is 14.8. The predicted octanol–water partition coefficient (Wildman–Crippen LogP) is 2.66. The van der Waals surface area contributed by atoms with Gasteiger partial charge in [0.1, 0.15) is 5.60 Å². The van der Waals surface area contributed by atoms with Gasteiger partial charge < -0.3 is 10.0 Å². The maximum absolute atomic E-state index is 12.7. The van der Waals surface area contributed by atoms with Crippen LogP contribution in [-0.4, -0.2) is 52.6 Å². The highest BCUT2D eigenvalue weighted by atomic mass is 16.3. The Labute approximate surface area is 145 Å². The Morgan fingerprint density at radius 2 is 2.00 bits per heavy atom. The summed E-state index contributed by atoms with van der Waals surface area (Å²) in [6, 6.07) is 10.6. The van der Waals surface area contributed by atoms with E-state index in [0.29, 0.717) is 25.3 Å². The number of carbonyl (C=O) groups is 1. The molecule has 2 aliphatic rings. The van der Waals surface area contributed by atoms with Crippen molar-refractivity contribution in [3.63, 3.8) is 0 Å². The number of carbonyl (C=O) groups excluding carboxylic acids is 1. The number of amides is 1. The average Bonchev–Trinajstić information content (AvgIpc) is 3.23. The number of hydrogen-bond donors (Lipinski definition) is 1. The van der Waals surface area contributed by atoms with Gasteiger partial charge in [0.05, 0.1) is 0 Å². The van der Waals surface area contributed by atoms with E-state index in [9.17, 15) is 9.90 Å². The largest absolute Gasteiger partial charge is 0.380 e. The molecule has 24 heavy (non-hydrogen) atoms. The molecule has 1 aromatic carbocycles. The van der Waals surface area contributed by atoms with Crippen molar-refractivity contribution < 1.29 is 9.90 Å². The van der Waals surface area contributed by atoms with E-state index in [-0.39, 0.29) is 5.91 Å². The molecule has 4 nitrogen and oxygen atoms in total. The summed E-state index contributed by atoms with van der Waals surface area (Å²) in [5, 5.41) is 10.6. The summed E-state index contributed by atoms with van der Waals surface area (Å²) in [6.45, 7) is 6.61. The van der Waals surface area contributed by atoms with Crippen molar-refractivity contribution in [3.8, 4) is 0 Å². The molecule has 1 saturated heterocycles. The second-order valence-corrected chi connectivity index (χ2v) is 7.46. The van der Waals surface area contributed by atoms with E-state index < -0.39 is 5.60 Å². The van der Waals surface area contributed by atoms with Gasteiger partial charge in [0.2, 0.25) is 0 Å². The SMILES string of the molecule is CCN(CC1CCN(Cc2ccccc2)C1)C(=O)C1(O)CCCC1. The van der Waals surface area contributed by atoms with E-state index in [0.717, 1.165) is 45.4 Å². The van der Waals surface area contributed by atoms with E-state index in [2.05, 4.69) is 35.2 Å². The Bertz CT molecular complexity index is 540. The molecule has 0 spiro atoms. The van der Waals surface area contributed by atoms with Crippen molar-refractivity contribution in [2.75, 3.05) is 26.2 Å². The first-order valence-electron chi connectivity index (χ1n) is 9.39. The summed E-state index contributed by atoms with van der Waals surface area (Å²) < 4.78 is 0. The first-order valence-corrected chi connectivity index (χ1v) is 9.39. The van der Waals surface area contributed by atoms with Gasteiger partial charge in [-0.2, -0.15) is 0 Å². The Hall–Kier alpha value is -1.39. The molecule has 0 aromatic heterocycles. The van der Waals surface area contributed by atoms with Crippen LogP contribution in [0.15, 0.2) is 30.3 Å². The fourth-order valence-corrected chi connectivity index (χ4v) is 4.18. The molecule has 1 amide bonds. The summed E-state index contributed by atoms with van der Waals surface area (Å²) in [4.78, 5) is 17.1. The van der Waals surface area contributed by atoms with Crippen molar-refractivity contribution in [1.82, 2.24) is 9.80 Å². The maximum Gasteiger partial charge on any atom is 0.254 e. The van der Waals surface area contributed by atoms with Gasteiger partial charge >= 0.3 is 0 Å². The molecular formula is C20H30N2O2. The molecule has 1 N–H and O–H groups in total. The molecule has 132 valence electrons. The lowest BCUT2D eigenvalue weighted by atomic mass is 9.99. The fourth-order valence-electron chi connectivity index (χ4n) is 4.18. The van der Waals surface area contributed by atoms with Crippen LogP contribution in [0.25, 0.3) is 0 Å². The minimum atomic E-state index is -1.08. The van der Waals surface area contributed by atoms with Gasteiger partial charge in [0.25, 0.3) is 5.91 Å². The van der Waals surface area contributed by atoms with Gasteiger partial charge in [0, 0.05) is 26.2 Å². The summed E-state index contributed by atoms with van der Waals surface area (Å²) in [6.07, 6.45) is 4.33. The van der Waals surface area contributed by atoms with E-state index in [4.69, 9.17) is 0 Å². The molecule has 1 aliphatic carbocycles. The summed E-state index contributed by atoms with van der Waals surface area (Å²) in [5.74, 6) is 0.478. The van der Waals surface area contributed by atoms with Crippen molar-refractivity contribution in [2.24, 2.45) is 5.92 Å². The van der Waals surface area contributed by atoms with Gasteiger partial charge in [-0.25, -0.2) is 0 Å². The van der Waals surface area contributed by atoms with Crippen molar-refractivity contribution in [2.45, 2.75) is 51.2 Å². The first-order chi connectivity index (χ1) is 11.6. The Balaban J connectivity index is 1.52. The molecule has 3 rings (SSSR count). The van der Waals surface area contributed by atoms with E-state index in [1.54, 1.807) is 0 Å². The number of rotatable bonds is 6. The number of likely N-dealkylation sites (N-methyl/N-ethyl adjacent to an activating group) is 1. The minimum absolute atomic E-state index is 0.0380. The number of benzene rings is 1. The van der Waals surface area contributed by atoms with Gasteiger partial charge in [-0.1, -0.05) is 30.3 Å². The van der Waals surface area contributed by atoms with Crippen LogP contribution in [0.1, 0.15) is 44.6 Å². The third-order valence-corrected chi connectivity index (χ3v) is 5.60. The Morgan fingerprint density at radius 3 is 2.67 bits per heavy atom. The molecule has 1 aliphatic heterocycles. The average molecular weight is 330 g/mol. The van der Waals surface area contributed by atoms with Crippen LogP contribution < -0.4 is 0 Å². The van der Waals surface area contributed by atoms with Crippen LogP contribution in [0, 0.1) is 5.92 Å². The predicted molar refractivity (Wildman–Crippen MR) is 95.5 cm³/mol. The monoisotopic (exact) mass is 330 g/mol. The van der Waals surface area contributed by atoms with Crippen LogP contribution in [0.4, 0.5) is 0 Å². The quantitative estimate of drug-likeness (QED) is 0.872. The van der Waals surface area contributed by atoms with Crippen LogP contribution in [0.5, 0.6) is 0 Å². The smallest absolute Gasteiger partial charge is 0.254 e. The van der Waals surface area contributed by atoms with Crippen LogP contribution in [0.2, 0.25) is 0 Å². The molecule has 1 saturated carbocycles. The Kier molecular flexibility index (Phi) is 5.57. The molecule has 0 bridgehead atoms. The standard InChI is InChI=1S/C20H30N2O2/c1-2-22(19(23)20(24)11-6-7-12-20)16-18-10-13-21(15-18)14-17-8-4-3-5-9-17/h3-5,8-9,18,24H,2,6-7,10-16H2,1H3. The lowest BCUT2D eigenvalue weighted by Gasteiger charge is -2.31. The number of likely N-dealkylation sites (tertiary alicyclic amines) is 1. The van der Waals surface area contributed by atoms with Crippen LogP contribution in [0.3, 0.4) is 0 Å². The first kappa shape index (κ1) is 17.4. The van der Waals surface area contributed by atoms with Gasteiger partial charge in [-0.05, 0) is 57.1 Å². The van der Waals surface area contributed by atoms with E-state index >= 15 is 0 Å². The molecule has 4 heteroatoms. The normalized spacial score (nSPS) is 23.5. The van der Waals surface area contributed by atoms with Gasteiger partial charge in [0.15, 0.2) is 0 Å². The maximum atomic E-state index is 12.7. The van der Waals surface area contributed by atoms with Crippen LogP contribution >= 0.6 is 0 Å². The summed E-state index contributed by atoms with van der Waals surface area (Å²) >= 11 is 0. The summed E-state index contributed by atoms with van der Waals surface area (Å²) in [5.41, 5.74) is 0.264. The van der Waals surface area contributed by atoms with Gasteiger partial charge in [-0.3, -0.25) is 9.69 Å². The number of nitrogens with zero attached hydrogens (tertiary/aromatic N) is 2. The van der Waals surface area contributed by atoms with Crippen molar-refractivity contribution >= 4 is 5.91 Å². The highest BCUT2D eigenvalue weighted by Gasteiger charge is 2.41. The van der Waals surface area contributed by atoms with Crippen molar-refractivity contribution in [3.05, 3.63) is 35.9 Å². The zero-order chi connectivity index (χ0) is 17.0. The summed E-state index contributed by atoms with van der Waals surface area (Å²) in [7, 11) is 0. The molecule has 1 heterocycles. The topological polar surface area (TPSA) is 43.8 Å². The third-order valence-electron chi connectivity index (χ3n) is 5.60. The Morgan fingerprint density at radius 1 is 1.29 bits per heavy atom. The highest BCUT2D eigenvalue weighted by molar-refractivity contribution is 5.85. The number of aliphatic hydroxyl groups is 1. The van der Waals surface area contributed by atoms with Crippen molar-refractivity contribution in [1.29, 1.82) is 0 Å². The lowest BCUT2D eigenvalue weighted by Crippen LogP contribution is -2.49. The third kappa shape index (κ3) is 3.98. The van der Waals surface area contributed by atoms with Gasteiger partial charge in [-0.15, -0.1) is 0 Å². The number of hydrogen-bond acceptors (Lipinski definition) is 3. The second kappa shape index (κ2) is 7.66. The molecule has 0 radical (unpaired) electrons. The minimum Gasteiger partial charge on any atom is -0.380 e.